The van der Waals surface area contributed by atoms with Gasteiger partial charge in [-0.3, -0.25) is 4.79 Å². The van der Waals surface area contributed by atoms with Crippen molar-refractivity contribution in [2.24, 2.45) is 0 Å². The molecule has 1 fully saturated rings. The third-order valence-corrected chi connectivity index (χ3v) is 7.89. The van der Waals surface area contributed by atoms with Crippen LogP contribution in [0, 0.1) is 27.7 Å². The van der Waals surface area contributed by atoms with E-state index in [0.717, 1.165) is 22.3 Å². The number of carbonyl (C=O) groups is 1. The first-order valence-electron chi connectivity index (χ1n) is 9.65. The minimum absolute atomic E-state index is 0.0133. The van der Waals surface area contributed by atoms with Gasteiger partial charge in [0.05, 0.1) is 4.90 Å². The molecule has 1 heterocycles. The minimum Gasteiger partial charge on any atom is -0.349 e. The highest BCUT2D eigenvalue weighted by atomic mass is 32.2. The number of rotatable bonds is 4. The average molecular weight is 401 g/mol. The Morgan fingerprint density at radius 2 is 1.50 bits per heavy atom. The number of nitrogens with zero attached hydrogens (tertiary/aromatic N) is 1. The normalized spacial score (nSPS) is 16.1. The van der Waals surface area contributed by atoms with Crippen LogP contribution in [0.1, 0.15) is 45.5 Å². The molecule has 150 valence electrons. The Hall–Kier alpha value is -2.18. The molecule has 6 heteroatoms. The predicted octanol–water partition coefficient (Wildman–Crippen LogP) is 3.50. The van der Waals surface area contributed by atoms with E-state index in [4.69, 9.17) is 0 Å². The summed E-state index contributed by atoms with van der Waals surface area (Å²) in [6.45, 7) is 8.48. The molecule has 1 aliphatic heterocycles. The van der Waals surface area contributed by atoms with Gasteiger partial charge in [-0.05, 0) is 74.9 Å². The van der Waals surface area contributed by atoms with Gasteiger partial charge in [-0.25, -0.2) is 8.42 Å². The van der Waals surface area contributed by atoms with Gasteiger partial charge < -0.3 is 5.32 Å². The van der Waals surface area contributed by atoms with Crippen molar-refractivity contribution in [3.63, 3.8) is 0 Å². The van der Waals surface area contributed by atoms with Crippen molar-refractivity contribution in [1.29, 1.82) is 0 Å². The van der Waals surface area contributed by atoms with Gasteiger partial charge in [0.25, 0.3) is 5.91 Å². The van der Waals surface area contributed by atoms with Crippen LogP contribution in [0.2, 0.25) is 0 Å². The fourth-order valence-electron chi connectivity index (χ4n) is 3.80. The molecule has 0 spiro atoms. The highest BCUT2D eigenvalue weighted by Gasteiger charge is 2.32. The van der Waals surface area contributed by atoms with Crippen molar-refractivity contribution >= 4 is 15.9 Å². The van der Waals surface area contributed by atoms with E-state index in [0.29, 0.717) is 36.4 Å². The Bertz CT molecular complexity index is 950. The van der Waals surface area contributed by atoms with Crippen LogP contribution in [0.15, 0.2) is 41.3 Å². The van der Waals surface area contributed by atoms with Crippen molar-refractivity contribution in [2.45, 2.75) is 51.5 Å². The largest absolute Gasteiger partial charge is 0.349 e. The van der Waals surface area contributed by atoms with Gasteiger partial charge in [0.15, 0.2) is 0 Å². The molecule has 28 heavy (non-hydrogen) atoms. The number of hydrogen-bond donors (Lipinski definition) is 1. The molecule has 2 aromatic rings. The molecule has 5 nitrogen and oxygen atoms in total. The highest BCUT2D eigenvalue weighted by Crippen LogP contribution is 2.30. The Morgan fingerprint density at radius 3 is 2.04 bits per heavy atom. The second-order valence-electron chi connectivity index (χ2n) is 7.61. The number of benzene rings is 2. The van der Waals surface area contributed by atoms with Gasteiger partial charge in [-0.1, -0.05) is 24.3 Å². The summed E-state index contributed by atoms with van der Waals surface area (Å²) in [5.41, 5.74) is 4.25. The van der Waals surface area contributed by atoms with Gasteiger partial charge in [-0.15, -0.1) is 0 Å². The lowest BCUT2D eigenvalue weighted by atomic mass is 10.0. The molecule has 1 saturated heterocycles. The first-order chi connectivity index (χ1) is 13.2. The monoisotopic (exact) mass is 400 g/mol. The molecule has 1 N–H and O–H groups in total. The van der Waals surface area contributed by atoms with Crippen molar-refractivity contribution in [2.75, 3.05) is 13.1 Å². The van der Waals surface area contributed by atoms with Crippen molar-refractivity contribution in [3.05, 3.63) is 64.2 Å². The van der Waals surface area contributed by atoms with Crippen LogP contribution < -0.4 is 5.32 Å². The Balaban J connectivity index is 1.72. The molecule has 0 saturated carbocycles. The van der Waals surface area contributed by atoms with Crippen LogP contribution in [-0.4, -0.2) is 37.8 Å². The zero-order chi connectivity index (χ0) is 20.5. The van der Waals surface area contributed by atoms with E-state index in [1.807, 2.05) is 52.0 Å². The van der Waals surface area contributed by atoms with E-state index in [1.54, 1.807) is 16.4 Å². The third-order valence-electron chi connectivity index (χ3n) is 5.72. The van der Waals surface area contributed by atoms with E-state index in [9.17, 15) is 13.2 Å². The number of carbonyl (C=O) groups excluding carboxylic acids is 1. The van der Waals surface area contributed by atoms with Crippen LogP contribution in [0.3, 0.4) is 0 Å². The first-order valence-corrected chi connectivity index (χ1v) is 11.1. The van der Waals surface area contributed by atoms with Gasteiger partial charge in [0, 0.05) is 24.7 Å². The smallest absolute Gasteiger partial charge is 0.251 e. The number of amides is 1. The summed E-state index contributed by atoms with van der Waals surface area (Å²) in [7, 11) is -3.55. The lowest BCUT2D eigenvalue weighted by Gasteiger charge is -2.32. The highest BCUT2D eigenvalue weighted by molar-refractivity contribution is 7.89. The fraction of sp³-hybridized carbons (Fsp3) is 0.409. The summed E-state index contributed by atoms with van der Waals surface area (Å²) in [6, 6.07) is 11.1. The quantitative estimate of drug-likeness (QED) is 0.854. The zero-order valence-electron chi connectivity index (χ0n) is 17.0. The number of nitrogens with one attached hydrogen (secondary N) is 1. The second kappa shape index (κ2) is 8.05. The lowest BCUT2D eigenvalue weighted by Crippen LogP contribution is -2.46. The maximum Gasteiger partial charge on any atom is 0.251 e. The summed E-state index contributed by atoms with van der Waals surface area (Å²) in [5.74, 6) is -0.108. The van der Waals surface area contributed by atoms with E-state index in [-0.39, 0.29) is 11.9 Å². The molecule has 1 amide bonds. The van der Waals surface area contributed by atoms with Crippen molar-refractivity contribution < 1.29 is 13.2 Å². The molecule has 1 aliphatic rings. The third kappa shape index (κ3) is 3.98. The summed E-state index contributed by atoms with van der Waals surface area (Å²) >= 11 is 0. The zero-order valence-corrected chi connectivity index (χ0v) is 17.8. The molecule has 0 atom stereocenters. The molecule has 0 aromatic heterocycles. The van der Waals surface area contributed by atoms with E-state index >= 15 is 0 Å². The Labute approximate surface area is 167 Å². The number of aryl methyl sites for hydroxylation is 2. The van der Waals surface area contributed by atoms with Crippen molar-refractivity contribution in [1.82, 2.24) is 9.62 Å². The van der Waals surface area contributed by atoms with E-state index < -0.39 is 10.0 Å². The maximum atomic E-state index is 13.3. The summed E-state index contributed by atoms with van der Waals surface area (Å²) in [5, 5.41) is 3.03. The van der Waals surface area contributed by atoms with Gasteiger partial charge in [-0.2, -0.15) is 4.31 Å². The SMILES string of the molecule is Cc1cc(C)c(C)c(S(=O)(=O)N2CCC(NC(=O)c3ccccc3)CC2)c1C. The minimum atomic E-state index is -3.55. The Kier molecular flexibility index (Phi) is 5.91. The molecule has 0 bridgehead atoms. The van der Waals surface area contributed by atoms with Gasteiger partial charge in [0.1, 0.15) is 0 Å². The maximum absolute atomic E-state index is 13.3. The van der Waals surface area contributed by atoms with E-state index in [2.05, 4.69) is 5.32 Å². The predicted molar refractivity (Wildman–Crippen MR) is 111 cm³/mol. The van der Waals surface area contributed by atoms with Crippen LogP contribution in [0.25, 0.3) is 0 Å². The lowest BCUT2D eigenvalue weighted by molar-refractivity contribution is 0.0924. The standard InChI is InChI=1S/C22H28N2O3S/c1-15-14-16(2)18(4)21(17(15)3)28(26,27)24-12-10-20(11-13-24)23-22(25)19-8-6-5-7-9-19/h5-9,14,20H,10-13H2,1-4H3,(H,23,25). The molecule has 3 rings (SSSR count). The number of hydrogen-bond acceptors (Lipinski definition) is 3. The molecular formula is C22H28N2O3S. The van der Waals surface area contributed by atoms with Crippen LogP contribution in [-0.2, 0) is 10.0 Å². The summed E-state index contributed by atoms with van der Waals surface area (Å²) in [4.78, 5) is 12.8. The average Bonchev–Trinajstić information content (AvgIpc) is 2.67. The summed E-state index contributed by atoms with van der Waals surface area (Å²) in [6.07, 6.45) is 1.22. The summed E-state index contributed by atoms with van der Waals surface area (Å²) < 4.78 is 28.2. The number of piperidine rings is 1. The number of sulfonamides is 1. The molecule has 2 aromatic carbocycles. The molecule has 0 aliphatic carbocycles. The molecule has 0 unspecified atom stereocenters. The molecule has 0 radical (unpaired) electrons. The van der Waals surface area contributed by atoms with Crippen molar-refractivity contribution in [3.8, 4) is 0 Å². The second-order valence-corrected chi connectivity index (χ2v) is 9.48. The Morgan fingerprint density at radius 1 is 0.964 bits per heavy atom. The first kappa shape index (κ1) is 20.6. The van der Waals surface area contributed by atoms with Crippen LogP contribution >= 0.6 is 0 Å². The topological polar surface area (TPSA) is 66.5 Å². The fourth-order valence-corrected chi connectivity index (χ4v) is 5.84. The molecular weight excluding hydrogens is 372 g/mol. The van der Waals surface area contributed by atoms with Crippen LogP contribution in [0.5, 0.6) is 0 Å². The van der Waals surface area contributed by atoms with Crippen LogP contribution in [0.4, 0.5) is 0 Å². The van der Waals surface area contributed by atoms with Gasteiger partial charge >= 0.3 is 0 Å². The van der Waals surface area contributed by atoms with Gasteiger partial charge in [0.2, 0.25) is 10.0 Å². The van der Waals surface area contributed by atoms with E-state index in [1.165, 1.54) is 0 Å².